The van der Waals surface area contributed by atoms with Crippen molar-refractivity contribution in [3.63, 3.8) is 0 Å². The van der Waals surface area contributed by atoms with Crippen LogP contribution in [0.15, 0.2) is 55.5 Å². The number of rotatable bonds is 13. The van der Waals surface area contributed by atoms with Crippen molar-refractivity contribution in [2.24, 2.45) is 5.41 Å². The number of sulfonamides is 1. The quantitative estimate of drug-likeness (QED) is 0.210. The van der Waals surface area contributed by atoms with E-state index in [1.807, 2.05) is 18.2 Å². The van der Waals surface area contributed by atoms with Crippen LogP contribution in [-0.4, -0.2) is 100 Å². The maximum absolute atomic E-state index is 14.6. The average Bonchev–Trinajstić information content (AvgIpc) is 3.90. The number of nitrogens with one attached hydrogen (secondary N) is 3. The summed E-state index contributed by atoms with van der Waals surface area (Å²) >= 11 is 0. The van der Waals surface area contributed by atoms with Gasteiger partial charge in [-0.2, -0.15) is 0 Å². The minimum Gasteiger partial charge on any atom is -0.494 e. The molecule has 0 spiro atoms. The molecular weight excluding hydrogens is 743 g/mol. The first-order valence-corrected chi connectivity index (χ1v) is 19.9. The van der Waals surface area contributed by atoms with Crippen LogP contribution in [0.5, 0.6) is 11.6 Å². The van der Waals surface area contributed by atoms with Crippen molar-refractivity contribution >= 4 is 44.6 Å². The number of methoxy groups -OCH3 is 1. The molecule has 4 atom stereocenters. The van der Waals surface area contributed by atoms with Crippen LogP contribution in [0.1, 0.15) is 74.1 Å². The molecule has 3 heterocycles. The summed E-state index contributed by atoms with van der Waals surface area (Å²) in [5, 5.41) is 5.99. The number of hydrogen-bond acceptors (Lipinski definition) is 12. The Labute approximate surface area is 327 Å². The van der Waals surface area contributed by atoms with Crippen LogP contribution in [-0.2, 0) is 29.1 Å². The summed E-state index contributed by atoms with van der Waals surface area (Å²) < 4.78 is 45.4. The maximum atomic E-state index is 14.6. The first kappa shape index (κ1) is 41.8. The Morgan fingerprint density at radius 3 is 2.29 bits per heavy atom. The van der Waals surface area contributed by atoms with E-state index in [2.05, 4.69) is 31.9 Å². The Morgan fingerprint density at radius 1 is 1.04 bits per heavy atom. The van der Waals surface area contributed by atoms with Crippen LogP contribution in [0.3, 0.4) is 0 Å². The summed E-state index contributed by atoms with van der Waals surface area (Å²) in [5.74, 6) is -1.66. The van der Waals surface area contributed by atoms with Crippen molar-refractivity contribution in [3.05, 3.63) is 55.5 Å². The third kappa shape index (κ3) is 9.54. The Hall–Kier alpha value is -5.32. The molecule has 5 rings (SSSR count). The van der Waals surface area contributed by atoms with Crippen molar-refractivity contribution in [1.29, 1.82) is 0 Å². The summed E-state index contributed by atoms with van der Waals surface area (Å²) in [6.07, 6.45) is 5.01. The second-order valence-electron chi connectivity index (χ2n) is 16.4. The summed E-state index contributed by atoms with van der Waals surface area (Å²) in [6.45, 7) is 15.4. The van der Waals surface area contributed by atoms with Crippen molar-refractivity contribution in [2.45, 2.75) is 109 Å². The summed E-state index contributed by atoms with van der Waals surface area (Å²) in [5.41, 5.74) is -2.69. The number of fused-ring (bicyclic) bond motifs is 1. The third-order valence-corrected chi connectivity index (χ3v) is 11.2. The van der Waals surface area contributed by atoms with E-state index < -0.39 is 73.8 Å². The van der Waals surface area contributed by atoms with Crippen LogP contribution in [0, 0.1) is 5.41 Å². The van der Waals surface area contributed by atoms with E-state index in [-0.39, 0.29) is 25.3 Å². The first-order valence-electron chi connectivity index (χ1n) is 18.4. The van der Waals surface area contributed by atoms with Crippen LogP contribution in [0.4, 0.5) is 4.79 Å². The summed E-state index contributed by atoms with van der Waals surface area (Å²) in [4.78, 5) is 70.3. The lowest BCUT2D eigenvalue weighted by Gasteiger charge is -2.36. The van der Waals surface area contributed by atoms with E-state index in [0.29, 0.717) is 40.8 Å². The van der Waals surface area contributed by atoms with Crippen molar-refractivity contribution in [3.8, 4) is 23.0 Å². The average molecular weight is 794 g/mol. The molecule has 2 fully saturated rings. The minimum absolute atomic E-state index is 0.0600. The molecule has 0 unspecified atom stereocenters. The second-order valence-corrected chi connectivity index (χ2v) is 18.3. The molecule has 3 aromatic rings. The van der Waals surface area contributed by atoms with Crippen molar-refractivity contribution < 1.29 is 41.8 Å². The number of pyridine rings is 1. The zero-order chi connectivity index (χ0) is 41.2. The van der Waals surface area contributed by atoms with E-state index in [9.17, 15) is 27.6 Å². The number of amides is 4. The van der Waals surface area contributed by atoms with E-state index in [4.69, 9.17) is 19.2 Å². The monoisotopic (exact) mass is 793 g/mol. The van der Waals surface area contributed by atoms with Gasteiger partial charge in [0.2, 0.25) is 27.7 Å². The van der Waals surface area contributed by atoms with Gasteiger partial charge in [-0.3, -0.25) is 29.1 Å². The lowest BCUT2D eigenvalue weighted by atomic mass is 9.85. The Kier molecular flexibility index (Phi) is 12.0. The highest BCUT2D eigenvalue weighted by molar-refractivity contribution is 7.91. The summed E-state index contributed by atoms with van der Waals surface area (Å²) in [7, 11) is -2.44. The highest BCUT2D eigenvalue weighted by Crippen LogP contribution is 2.40. The molecule has 1 aromatic carbocycles. The zero-order valence-corrected chi connectivity index (χ0v) is 33.9. The number of hydrogen-bond donors (Lipinski definition) is 3. The Morgan fingerprint density at radius 2 is 1.71 bits per heavy atom. The van der Waals surface area contributed by atoms with Crippen molar-refractivity contribution in [1.82, 2.24) is 35.2 Å². The van der Waals surface area contributed by atoms with Gasteiger partial charge in [0.1, 0.15) is 40.7 Å². The van der Waals surface area contributed by atoms with E-state index in [1.54, 1.807) is 47.6 Å². The number of likely N-dealkylation sites (tertiary alicyclic amines) is 1. The second kappa shape index (κ2) is 16.0. The van der Waals surface area contributed by atoms with Gasteiger partial charge < -0.3 is 29.7 Å². The largest absolute Gasteiger partial charge is 0.494 e. The molecule has 56 heavy (non-hydrogen) atoms. The molecule has 1 aliphatic heterocycles. The number of aromatic nitrogens is 3. The SMILES string of the molecule is C=CC[C@](C)(NC(=O)[C@H]1C[C@@H](Oc2nc(-c3cnccn3)c(OC)c3ccccc23)CN1C(=O)[C@@H](NC(=O)OC(C)(C)C)C(C)(C)C)C(=O)NS(=O)(=O)C1CC1. The first-order chi connectivity index (χ1) is 26.2. The number of nitrogens with zero attached hydrogens (tertiary/aromatic N) is 4. The van der Waals surface area contributed by atoms with Gasteiger partial charge in [0.05, 0.1) is 25.1 Å². The van der Waals surface area contributed by atoms with Gasteiger partial charge in [0, 0.05) is 29.6 Å². The molecule has 0 bridgehead atoms. The molecule has 302 valence electrons. The maximum Gasteiger partial charge on any atom is 0.408 e. The van der Waals surface area contributed by atoms with Crippen LogP contribution >= 0.6 is 0 Å². The van der Waals surface area contributed by atoms with Gasteiger partial charge in [0.15, 0.2) is 5.75 Å². The highest BCUT2D eigenvalue weighted by Gasteiger charge is 2.49. The van der Waals surface area contributed by atoms with Gasteiger partial charge in [-0.1, -0.05) is 45.0 Å². The number of ether oxygens (including phenoxy) is 3. The molecule has 17 heteroatoms. The molecule has 3 N–H and O–H groups in total. The van der Waals surface area contributed by atoms with E-state index in [1.165, 1.54) is 43.6 Å². The molecule has 4 amide bonds. The predicted molar refractivity (Wildman–Crippen MR) is 208 cm³/mol. The normalized spacial score (nSPS) is 19.0. The topological polar surface area (TPSA) is 208 Å². The molecule has 2 aromatic heterocycles. The minimum atomic E-state index is -3.96. The van der Waals surface area contributed by atoms with Crippen LogP contribution in [0.2, 0.25) is 0 Å². The van der Waals surface area contributed by atoms with E-state index >= 15 is 0 Å². The van der Waals surface area contributed by atoms with Crippen LogP contribution < -0.4 is 24.8 Å². The fourth-order valence-corrected chi connectivity index (χ4v) is 7.83. The molecule has 2 aliphatic rings. The van der Waals surface area contributed by atoms with Gasteiger partial charge in [-0.05, 0) is 58.4 Å². The Bertz CT molecular complexity index is 2100. The molecule has 0 radical (unpaired) electrons. The molecule has 16 nitrogen and oxygen atoms in total. The van der Waals surface area contributed by atoms with Gasteiger partial charge in [0.25, 0.3) is 5.91 Å². The zero-order valence-electron chi connectivity index (χ0n) is 33.0. The van der Waals surface area contributed by atoms with Crippen molar-refractivity contribution in [2.75, 3.05) is 13.7 Å². The number of carbonyl (C=O) groups is 4. The van der Waals surface area contributed by atoms with Crippen LogP contribution in [0.25, 0.3) is 22.2 Å². The smallest absolute Gasteiger partial charge is 0.408 e. The fraction of sp³-hybridized carbons (Fsp3) is 0.513. The van der Waals surface area contributed by atoms with Gasteiger partial charge in [-0.15, -0.1) is 6.58 Å². The number of alkyl carbamates (subject to hydrolysis) is 1. The number of carbonyl (C=O) groups excluding carboxylic acids is 4. The van der Waals surface area contributed by atoms with Gasteiger partial charge >= 0.3 is 6.09 Å². The summed E-state index contributed by atoms with van der Waals surface area (Å²) in [6, 6.07) is 4.89. The number of benzene rings is 1. The molecule has 1 saturated carbocycles. The molecular formula is C39H51N7O9S. The Balaban J connectivity index is 1.53. The standard InChI is InChI=1S/C39H51N7O9S/c1-10-17-39(8,35(49)45-56(51,52)24-15-16-24)44-32(47)28-20-23(22-46(28)34(48)31(37(2,3)4)43-36(50)55-38(5,6)7)54-33-26-14-12-11-13-25(26)30(53-9)29(42-33)27-21-40-18-19-41-27/h10-14,18-19,21,23-24,28,31H,1,15-17,20,22H2,2-9H3,(H,43,50)(H,44,47)(H,45,49)/t23-,28-,31-,39+/m1/s1. The van der Waals surface area contributed by atoms with E-state index in [0.717, 1.165) is 0 Å². The highest BCUT2D eigenvalue weighted by atomic mass is 32.2. The molecule has 1 saturated heterocycles. The fourth-order valence-electron chi connectivity index (χ4n) is 6.42. The predicted octanol–water partition coefficient (Wildman–Crippen LogP) is 4.05. The lowest BCUT2D eigenvalue weighted by molar-refractivity contribution is -0.143. The lowest BCUT2D eigenvalue weighted by Crippen LogP contribution is -2.62. The third-order valence-electron chi connectivity index (χ3n) is 9.39. The molecule has 1 aliphatic carbocycles. The van der Waals surface area contributed by atoms with Gasteiger partial charge in [-0.25, -0.2) is 18.2 Å².